The van der Waals surface area contributed by atoms with Gasteiger partial charge in [-0.1, -0.05) is 28.1 Å². The SMILES string of the molecule is CNS(=O)(=O)c1cccc(S(=O)(=O)Nc2ccc(C)c(Br)c2)c1. The molecule has 0 aliphatic rings. The molecule has 0 saturated heterocycles. The summed E-state index contributed by atoms with van der Waals surface area (Å²) in [6.45, 7) is 1.88. The van der Waals surface area contributed by atoms with Gasteiger partial charge >= 0.3 is 0 Å². The minimum absolute atomic E-state index is 0.118. The summed E-state index contributed by atoms with van der Waals surface area (Å²) >= 11 is 3.33. The first-order valence-electron chi connectivity index (χ1n) is 6.48. The van der Waals surface area contributed by atoms with Crippen molar-refractivity contribution in [3.8, 4) is 0 Å². The van der Waals surface area contributed by atoms with Gasteiger partial charge in [-0.15, -0.1) is 0 Å². The van der Waals surface area contributed by atoms with Gasteiger partial charge in [0.15, 0.2) is 0 Å². The van der Waals surface area contributed by atoms with Gasteiger partial charge in [0, 0.05) is 10.2 Å². The van der Waals surface area contributed by atoms with Crippen LogP contribution in [0.25, 0.3) is 0 Å². The molecule has 6 nitrogen and oxygen atoms in total. The lowest BCUT2D eigenvalue weighted by atomic mass is 10.2. The van der Waals surface area contributed by atoms with Gasteiger partial charge in [0.05, 0.1) is 9.79 Å². The molecule has 2 aromatic carbocycles. The van der Waals surface area contributed by atoms with Crippen molar-refractivity contribution in [3.63, 3.8) is 0 Å². The number of benzene rings is 2. The van der Waals surface area contributed by atoms with E-state index in [0.29, 0.717) is 5.69 Å². The normalized spacial score (nSPS) is 12.1. The molecule has 0 unspecified atom stereocenters. The van der Waals surface area contributed by atoms with E-state index < -0.39 is 20.0 Å². The summed E-state index contributed by atoms with van der Waals surface area (Å²) in [5.41, 5.74) is 1.35. The van der Waals surface area contributed by atoms with Crippen LogP contribution in [0, 0.1) is 6.92 Å². The topological polar surface area (TPSA) is 92.3 Å². The van der Waals surface area contributed by atoms with Gasteiger partial charge in [-0.25, -0.2) is 21.6 Å². The molecule has 0 fully saturated rings. The first-order chi connectivity index (χ1) is 10.7. The van der Waals surface area contributed by atoms with Crippen LogP contribution in [0.1, 0.15) is 5.56 Å². The molecule has 0 heterocycles. The Morgan fingerprint density at radius 2 is 1.52 bits per heavy atom. The van der Waals surface area contributed by atoms with E-state index in [1.165, 1.54) is 25.2 Å². The second kappa shape index (κ2) is 6.60. The minimum Gasteiger partial charge on any atom is -0.280 e. The second-order valence-corrected chi connectivity index (χ2v) is 9.18. The predicted octanol–water partition coefficient (Wildman–Crippen LogP) is 2.47. The van der Waals surface area contributed by atoms with Gasteiger partial charge in [-0.2, -0.15) is 0 Å². The monoisotopic (exact) mass is 418 g/mol. The third kappa shape index (κ3) is 4.11. The zero-order valence-corrected chi connectivity index (χ0v) is 15.6. The molecule has 0 aromatic heterocycles. The van der Waals surface area contributed by atoms with E-state index in [1.54, 1.807) is 18.2 Å². The number of aryl methyl sites for hydroxylation is 1. The van der Waals surface area contributed by atoms with E-state index in [0.717, 1.165) is 16.1 Å². The van der Waals surface area contributed by atoms with Gasteiger partial charge in [-0.05, 0) is 49.9 Å². The summed E-state index contributed by atoms with van der Waals surface area (Å²) in [7, 11) is -6.35. The van der Waals surface area contributed by atoms with E-state index in [1.807, 2.05) is 6.92 Å². The largest absolute Gasteiger partial charge is 0.280 e. The molecular weight excluding hydrogens is 404 g/mol. The average Bonchev–Trinajstić information content (AvgIpc) is 2.51. The van der Waals surface area contributed by atoms with Crippen LogP contribution in [0.5, 0.6) is 0 Å². The maximum Gasteiger partial charge on any atom is 0.261 e. The highest BCUT2D eigenvalue weighted by Crippen LogP contribution is 2.24. The number of hydrogen-bond acceptors (Lipinski definition) is 4. The van der Waals surface area contributed by atoms with Crippen molar-refractivity contribution >= 4 is 41.7 Å². The molecule has 0 saturated carbocycles. The second-order valence-electron chi connectivity index (χ2n) is 4.75. The fraction of sp³-hybridized carbons (Fsp3) is 0.143. The first-order valence-corrected chi connectivity index (χ1v) is 10.2. The number of hydrogen-bond donors (Lipinski definition) is 2. The fourth-order valence-electron chi connectivity index (χ4n) is 1.80. The van der Waals surface area contributed by atoms with Gasteiger partial charge in [-0.3, -0.25) is 4.72 Å². The predicted molar refractivity (Wildman–Crippen MR) is 92.4 cm³/mol. The standard InChI is InChI=1S/C14H15BrN2O4S2/c1-10-6-7-11(8-14(10)15)17-23(20,21)13-5-3-4-12(9-13)22(18,19)16-2/h3-9,16-17H,1-2H3. The van der Waals surface area contributed by atoms with E-state index in [9.17, 15) is 16.8 Å². The molecule has 0 spiro atoms. The van der Waals surface area contributed by atoms with Crippen molar-refractivity contribution < 1.29 is 16.8 Å². The highest BCUT2D eigenvalue weighted by atomic mass is 79.9. The lowest BCUT2D eigenvalue weighted by Gasteiger charge is -2.10. The van der Waals surface area contributed by atoms with Gasteiger partial charge < -0.3 is 0 Å². The van der Waals surface area contributed by atoms with Crippen LogP contribution < -0.4 is 9.44 Å². The van der Waals surface area contributed by atoms with Crippen molar-refractivity contribution in [1.29, 1.82) is 0 Å². The molecule has 0 aliphatic carbocycles. The van der Waals surface area contributed by atoms with E-state index >= 15 is 0 Å². The van der Waals surface area contributed by atoms with E-state index in [4.69, 9.17) is 0 Å². The molecule has 0 atom stereocenters. The number of halogens is 1. The minimum atomic E-state index is -3.90. The summed E-state index contributed by atoms with van der Waals surface area (Å²) < 4.78 is 53.8. The Morgan fingerprint density at radius 1 is 0.913 bits per heavy atom. The van der Waals surface area contributed by atoms with Crippen LogP contribution in [0.3, 0.4) is 0 Å². The molecule has 2 aromatic rings. The van der Waals surface area contributed by atoms with Crippen molar-refractivity contribution in [2.75, 3.05) is 11.8 Å². The Balaban J connectivity index is 2.40. The molecule has 0 aliphatic heterocycles. The van der Waals surface area contributed by atoms with Crippen LogP contribution in [0.2, 0.25) is 0 Å². The Bertz CT molecular complexity index is 941. The van der Waals surface area contributed by atoms with E-state index in [2.05, 4.69) is 25.4 Å². The summed E-state index contributed by atoms with van der Waals surface area (Å²) in [5, 5.41) is 0. The van der Waals surface area contributed by atoms with Crippen LogP contribution in [0.4, 0.5) is 5.69 Å². The van der Waals surface area contributed by atoms with E-state index in [-0.39, 0.29) is 9.79 Å². The molecule has 9 heteroatoms. The molecule has 2 rings (SSSR count). The van der Waals surface area contributed by atoms with Crippen LogP contribution >= 0.6 is 15.9 Å². The molecule has 23 heavy (non-hydrogen) atoms. The summed E-state index contributed by atoms with van der Waals surface area (Å²) in [6.07, 6.45) is 0. The summed E-state index contributed by atoms with van der Waals surface area (Å²) in [6, 6.07) is 10.2. The number of rotatable bonds is 5. The molecule has 124 valence electrons. The van der Waals surface area contributed by atoms with Gasteiger partial charge in [0.2, 0.25) is 10.0 Å². The zero-order valence-electron chi connectivity index (χ0n) is 12.4. The molecule has 0 bridgehead atoms. The molecule has 0 amide bonds. The van der Waals surface area contributed by atoms with Crippen molar-refractivity contribution in [1.82, 2.24) is 4.72 Å². The Morgan fingerprint density at radius 3 is 2.09 bits per heavy atom. The smallest absolute Gasteiger partial charge is 0.261 e. The Kier molecular flexibility index (Phi) is 5.14. The third-order valence-electron chi connectivity index (χ3n) is 3.12. The van der Waals surface area contributed by atoms with Crippen molar-refractivity contribution in [2.24, 2.45) is 0 Å². The Labute approximate surface area is 144 Å². The van der Waals surface area contributed by atoms with Crippen LogP contribution in [-0.4, -0.2) is 23.9 Å². The lowest BCUT2D eigenvalue weighted by Crippen LogP contribution is -2.19. The Hall–Kier alpha value is -1.42. The molecule has 0 radical (unpaired) electrons. The molecule has 2 N–H and O–H groups in total. The lowest BCUT2D eigenvalue weighted by molar-refractivity contribution is 0.588. The quantitative estimate of drug-likeness (QED) is 0.779. The zero-order chi connectivity index (χ0) is 17.3. The fourth-order valence-corrected chi connectivity index (χ4v) is 4.12. The summed E-state index contributed by atoms with van der Waals surface area (Å²) in [4.78, 5) is -0.251. The van der Waals surface area contributed by atoms with Crippen LogP contribution in [0.15, 0.2) is 56.7 Å². The number of sulfonamides is 2. The van der Waals surface area contributed by atoms with Gasteiger partial charge in [0.1, 0.15) is 0 Å². The maximum atomic E-state index is 12.4. The van der Waals surface area contributed by atoms with Crippen molar-refractivity contribution in [3.05, 3.63) is 52.5 Å². The number of nitrogens with one attached hydrogen (secondary N) is 2. The first kappa shape index (κ1) is 17.9. The highest BCUT2D eigenvalue weighted by molar-refractivity contribution is 9.10. The van der Waals surface area contributed by atoms with Gasteiger partial charge in [0.25, 0.3) is 10.0 Å². The average molecular weight is 419 g/mol. The number of anilines is 1. The van der Waals surface area contributed by atoms with Crippen molar-refractivity contribution in [2.45, 2.75) is 16.7 Å². The third-order valence-corrected chi connectivity index (χ3v) is 6.76. The highest BCUT2D eigenvalue weighted by Gasteiger charge is 2.19. The summed E-state index contributed by atoms with van der Waals surface area (Å²) in [5.74, 6) is 0. The van der Waals surface area contributed by atoms with Crippen LogP contribution in [-0.2, 0) is 20.0 Å². The maximum absolute atomic E-state index is 12.4. The molecular formula is C14H15BrN2O4S2.